The summed E-state index contributed by atoms with van der Waals surface area (Å²) in [7, 11) is 3.32. The largest absolute Gasteiger partial charge is 0.493 e. The lowest BCUT2D eigenvalue weighted by Crippen LogP contribution is -2.41. The molecule has 3 unspecified atom stereocenters. The molecule has 5 aromatic carbocycles. The van der Waals surface area contributed by atoms with Crippen LogP contribution >= 0.6 is 0 Å². The Bertz CT molecular complexity index is 1950. The topological polar surface area (TPSA) is 111 Å². The van der Waals surface area contributed by atoms with Gasteiger partial charge in [0.1, 0.15) is 11.5 Å². The molecule has 3 N–H and O–H groups in total. The number of hydrogen-bond donors (Lipinski definition) is 3. The first kappa shape index (κ1) is 35.0. The molecule has 2 aliphatic rings. The summed E-state index contributed by atoms with van der Waals surface area (Å²) < 4.78 is 30.2. The number of aliphatic hydroxyl groups is 1. The van der Waals surface area contributed by atoms with Gasteiger partial charge in [-0.1, -0.05) is 54.6 Å². The SMILES string of the molecule is COc1cc2c(cc1OC)CN(CC1CC(c3ccc(CO)cc3)OC(c3cccc(NC(=O)Nc4ccc(Oc5ccccc5)cc4)c3)O1)CC2. The molecule has 1 saturated heterocycles. The molecule has 10 nitrogen and oxygen atoms in total. The number of para-hydroxylation sites is 1. The molecule has 52 heavy (non-hydrogen) atoms. The monoisotopic (exact) mass is 701 g/mol. The summed E-state index contributed by atoms with van der Waals surface area (Å²) in [5.41, 5.74) is 6.38. The maximum atomic E-state index is 13.0. The fourth-order valence-corrected chi connectivity index (χ4v) is 6.71. The number of ether oxygens (including phenoxy) is 5. The van der Waals surface area contributed by atoms with E-state index in [9.17, 15) is 9.90 Å². The number of anilines is 2. The van der Waals surface area contributed by atoms with Crippen LogP contribution in [0.2, 0.25) is 0 Å². The molecule has 1 fully saturated rings. The quantitative estimate of drug-likeness (QED) is 0.126. The van der Waals surface area contributed by atoms with Gasteiger partial charge >= 0.3 is 6.03 Å². The maximum Gasteiger partial charge on any atom is 0.323 e. The number of hydrogen-bond acceptors (Lipinski definition) is 8. The molecule has 3 atom stereocenters. The third kappa shape index (κ3) is 8.55. The van der Waals surface area contributed by atoms with Gasteiger partial charge in [0.05, 0.1) is 33.0 Å². The highest BCUT2D eigenvalue weighted by Crippen LogP contribution is 2.40. The molecule has 5 aromatic rings. The summed E-state index contributed by atoms with van der Waals surface area (Å²) in [6.07, 6.45) is 0.545. The highest BCUT2D eigenvalue weighted by Gasteiger charge is 2.34. The van der Waals surface area contributed by atoms with E-state index in [1.165, 1.54) is 11.1 Å². The van der Waals surface area contributed by atoms with Crippen LogP contribution in [0.1, 0.15) is 46.6 Å². The number of aliphatic hydroxyl groups excluding tert-OH is 1. The summed E-state index contributed by atoms with van der Waals surface area (Å²) >= 11 is 0. The van der Waals surface area contributed by atoms with E-state index in [1.807, 2.05) is 91.0 Å². The molecule has 0 saturated carbocycles. The lowest BCUT2D eigenvalue weighted by Gasteiger charge is -2.39. The van der Waals surface area contributed by atoms with E-state index in [0.717, 1.165) is 53.4 Å². The molecular weight excluding hydrogens is 658 g/mol. The third-order valence-electron chi connectivity index (χ3n) is 9.38. The molecule has 0 aliphatic carbocycles. The van der Waals surface area contributed by atoms with E-state index >= 15 is 0 Å². The van der Waals surface area contributed by atoms with Gasteiger partial charge in [0.15, 0.2) is 17.8 Å². The van der Waals surface area contributed by atoms with E-state index in [2.05, 4.69) is 27.7 Å². The maximum absolute atomic E-state index is 13.0. The van der Waals surface area contributed by atoms with Crippen LogP contribution in [0.3, 0.4) is 0 Å². The van der Waals surface area contributed by atoms with Gasteiger partial charge in [0.25, 0.3) is 0 Å². The number of carbonyl (C=O) groups is 1. The Labute approximate surface area is 303 Å². The molecule has 2 aliphatic heterocycles. The second kappa shape index (κ2) is 16.3. The number of amides is 2. The number of fused-ring (bicyclic) bond motifs is 1. The van der Waals surface area contributed by atoms with E-state index in [-0.39, 0.29) is 24.8 Å². The fourth-order valence-electron chi connectivity index (χ4n) is 6.71. The van der Waals surface area contributed by atoms with Gasteiger partial charge in [-0.2, -0.15) is 0 Å². The number of methoxy groups -OCH3 is 2. The second-order valence-electron chi connectivity index (χ2n) is 13.0. The van der Waals surface area contributed by atoms with Gasteiger partial charge in [-0.15, -0.1) is 0 Å². The normalized spacial score (nSPS) is 18.6. The summed E-state index contributed by atoms with van der Waals surface area (Å²) in [4.78, 5) is 15.4. The fraction of sp³-hybridized carbons (Fsp3) is 0.262. The van der Waals surface area contributed by atoms with Crippen molar-refractivity contribution in [3.05, 3.63) is 143 Å². The number of nitrogens with one attached hydrogen (secondary N) is 2. The van der Waals surface area contributed by atoms with Crippen molar-refractivity contribution in [1.29, 1.82) is 0 Å². The first-order valence-corrected chi connectivity index (χ1v) is 17.4. The zero-order valence-corrected chi connectivity index (χ0v) is 29.3. The Morgan fingerprint density at radius 3 is 2.21 bits per heavy atom. The average Bonchev–Trinajstić information content (AvgIpc) is 3.18. The third-order valence-corrected chi connectivity index (χ3v) is 9.38. The molecule has 0 spiro atoms. The van der Waals surface area contributed by atoms with E-state index < -0.39 is 6.29 Å². The van der Waals surface area contributed by atoms with Crippen molar-refractivity contribution in [3.63, 3.8) is 0 Å². The van der Waals surface area contributed by atoms with Crippen LogP contribution in [-0.4, -0.2) is 49.5 Å². The standard InChI is InChI=1S/C42H43N3O7/c1-48-39-22-30-19-20-45(25-32(30)23-40(39)49-2)26-37-24-38(29-13-11-28(27-46)12-14-29)52-41(51-37)31-7-6-8-34(21-31)44-42(47)43-33-15-17-36(18-16-33)50-35-9-4-3-5-10-35/h3-18,21-23,37-38,41,46H,19-20,24-27H2,1-2H3,(H2,43,44,47). The molecule has 7 rings (SSSR count). The van der Waals surface area contributed by atoms with Crippen LogP contribution in [0.4, 0.5) is 16.2 Å². The van der Waals surface area contributed by atoms with E-state index in [4.69, 9.17) is 23.7 Å². The van der Waals surface area contributed by atoms with Crippen molar-refractivity contribution in [2.45, 2.75) is 44.5 Å². The van der Waals surface area contributed by atoms with Gasteiger partial charge in [-0.25, -0.2) is 4.79 Å². The summed E-state index contributed by atoms with van der Waals surface area (Å²) in [6, 6.07) is 35.9. The molecule has 2 heterocycles. The molecular formula is C42H43N3O7. The molecule has 10 heteroatoms. The van der Waals surface area contributed by atoms with Crippen molar-refractivity contribution in [2.24, 2.45) is 0 Å². The number of urea groups is 1. The Kier molecular flexibility index (Phi) is 11.0. The second-order valence-corrected chi connectivity index (χ2v) is 13.0. The summed E-state index contributed by atoms with van der Waals surface area (Å²) in [6.45, 7) is 2.36. The first-order chi connectivity index (χ1) is 25.5. The lowest BCUT2D eigenvalue weighted by atomic mass is 9.97. The van der Waals surface area contributed by atoms with Crippen LogP contribution in [0, 0.1) is 0 Å². The van der Waals surface area contributed by atoms with Crippen molar-refractivity contribution >= 4 is 17.4 Å². The van der Waals surface area contributed by atoms with Crippen molar-refractivity contribution in [3.8, 4) is 23.0 Å². The predicted octanol–water partition coefficient (Wildman–Crippen LogP) is 8.24. The van der Waals surface area contributed by atoms with E-state index in [0.29, 0.717) is 30.1 Å². The minimum Gasteiger partial charge on any atom is -0.493 e. The number of rotatable bonds is 11. The number of benzene rings is 5. The van der Waals surface area contributed by atoms with Crippen molar-refractivity contribution < 1.29 is 33.6 Å². The summed E-state index contributed by atoms with van der Waals surface area (Å²) in [5, 5.41) is 15.4. The van der Waals surface area contributed by atoms with Crippen LogP contribution < -0.4 is 24.8 Å². The minimum absolute atomic E-state index is 0.0192. The van der Waals surface area contributed by atoms with E-state index in [1.54, 1.807) is 26.4 Å². The van der Waals surface area contributed by atoms with Gasteiger partial charge in [0, 0.05) is 43.0 Å². The van der Waals surface area contributed by atoms with Crippen molar-refractivity contribution in [2.75, 3.05) is 37.9 Å². The zero-order valence-electron chi connectivity index (χ0n) is 29.3. The summed E-state index contributed by atoms with van der Waals surface area (Å²) in [5.74, 6) is 2.89. The van der Waals surface area contributed by atoms with Gasteiger partial charge in [-0.05, 0) is 89.3 Å². The number of nitrogens with zero attached hydrogens (tertiary/aromatic N) is 1. The Morgan fingerprint density at radius 2 is 1.48 bits per heavy atom. The van der Waals surface area contributed by atoms with Crippen LogP contribution in [0.5, 0.6) is 23.0 Å². The molecule has 268 valence electrons. The van der Waals surface area contributed by atoms with Crippen LogP contribution in [0.25, 0.3) is 0 Å². The Balaban J connectivity index is 1.03. The molecule has 2 amide bonds. The predicted molar refractivity (Wildman–Crippen MR) is 199 cm³/mol. The Morgan fingerprint density at radius 1 is 0.769 bits per heavy atom. The minimum atomic E-state index is -0.662. The highest BCUT2D eigenvalue weighted by atomic mass is 16.7. The van der Waals surface area contributed by atoms with Crippen LogP contribution in [0.15, 0.2) is 115 Å². The highest BCUT2D eigenvalue weighted by molar-refractivity contribution is 5.99. The van der Waals surface area contributed by atoms with Gasteiger partial charge < -0.3 is 39.4 Å². The average molecular weight is 702 g/mol. The van der Waals surface area contributed by atoms with Crippen LogP contribution in [-0.2, 0) is 29.0 Å². The van der Waals surface area contributed by atoms with Crippen molar-refractivity contribution in [1.82, 2.24) is 4.90 Å². The number of carbonyl (C=O) groups excluding carboxylic acids is 1. The molecule has 0 bridgehead atoms. The first-order valence-electron chi connectivity index (χ1n) is 17.4. The Hall–Kier alpha value is -5.39. The van der Waals surface area contributed by atoms with Gasteiger partial charge in [-0.3, -0.25) is 4.90 Å². The molecule has 0 radical (unpaired) electrons. The zero-order chi connectivity index (χ0) is 35.9. The smallest absolute Gasteiger partial charge is 0.323 e. The lowest BCUT2D eigenvalue weighted by molar-refractivity contribution is -0.253. The van der Waals surface area contributed by atoms with Gasteiger partial charge in [0.2, 0.25) is 0 Å². The molecule has 0 aromatic heterocycles.